The van der Waals surface area contributed by atoms with Crippen LogP contribution >= 0.6 is 11.6 Å². The number of hydrogen-bond acceptors (Lipinski definition) is 9. The molecule has 2 N–H and O–H groups in total. The van der Waals surface area contributed by atoms with Crippen LogP contribution in [0, 0.1) is 11.5 Å². The van der Waals surface area contributed by atoms with Crippen LogP contribution < -0.4 is 32.3 Å². The first-order chi connectivity index (χ1) is 20.1. The van der Waals surface area contributed by atoms with Gasteiger partial charge in [0, 0.05) is 30.8 Å². The van der Waals surface area contributed by atoms with Gasteiger partial charge in [0.15, 0.2) is 12.4 Å². The zero-order valence-electron chi connectivity index (χ0n) is 23.7. The number of unbranched alkanes of at least 4 members (excludes halogenated alkanes) is 3. The number of hydrogen-bond donors (Lipinski definition) is 1. The van der Waals surface area contributed by atoms with Crippen molar-refractivity contribution in [3.05, 3.63) is 53.8 Å². The lowest BCUT2D eigenvalue weighted by atomic mass is 10.2. The minimum Gasteiger partial charge on any atom is -1.00 e. The normalized spacial score (nSPS) is 11.7. The van der Waals surface area contributed by atoms with E-state index in [0.717, 1.165) is 37.1 Å². The third kappa shape index (κ3) is 15.2. The summed E-state index contributed by atoms with van der Waals surface area (Å²) in [6, 6.07) is 10.8. The van der Waals surface area contributed by atoms with Crippen molar-refractivity contribution in [2.75, 3.05) is 64.8 Å². The third-order valence-corrected chi connectivity index (χ3v) is 5.91. The lowest BCUT2D eigenvalue weighted by Gasteiger charge is -2.22. The highest BCUT2D eigenvalue weighted by molar-refractivity contribution is 6.30. The van der Waals surface area contributed by atoms with E-state index in [9.17, 15) is 4.79 Å². The minimum absolute atomic E-state index is 0. The topological polar surface area (TPSA) is 142 Å². The van der Waals surface area contributed by atoms with Crippen LogP contribution in [-0.2, 0) is 28.5 Å². The smallest absolute Gasteiger partial charge is 0.426 e. The molecule has 0 aliphatic heterocycles. The van der Waals surface area contributed by atoms with Gasteiger partial charge in [-0.25, -0.2) is 0 Å². The second kappa shape index (κ2) is 23.4. The van der Waals surface area contributed by atoms with Gasteiger partial charge in [0.25, 0.3) is 6.47 Å². The number of halogens is 2. The molecule has 42 heavy (non-hydrogen) atoms. The molecule has 1 aromatic heterocycles. The van der Waals surface area contributed by atoms with Gasteiger partial charge in [-0.15, -0.1) is 9.56 Å². The molecule has 1 heterocycles. The maximum atomic E-state index is 11.0. The summed E-state index contributed by atoms with van der Waals surface area (Å²) in [4.78, 5) is 16.5. The Kier molecular flexibility index (Phi) is 20.5. The van der Waals surface area contributed by atoms with Gasteiger partial charge in [-0.3, -0.25) is 9.53 Å². The number of carbonyl (C=O) groups excluding carboxylic acids is 1. The minimum atomic E-state index is -0.975. The van der Waals surface area contributed by atoms with Crippen LogP contribution in [-0.4, -0.2) is 72.3 Å². The SMILES string of the molecule is COCCOCCOCCOC(OC=O)[n+]1ccc(N(CCCCCCOc2ccc(Cl)cc2)C(N)=NC#N)cc1.[Cl-]. The van der Waals surface area contributed by atoms with Crippen molar-refractivity contribution in [1.29, 1.82) is 5.26 Å². The van der Waals surface area contributed by atoms with Crippen LogP contribution in [0.5, 0.6) is 5.75 Å². The lowest BCUT2D eigenvalue weighted by Crippen LogP contribution is -3.00. The summed E-state index contributed by atoms with van der Waals surface area (Å²) in [5.41, 5.74) is 6.80. The Morgan fingerprint density at radius 3 is 2.29 bits per heavy atom. The van der Waals surface area contributed by atoms with Crippen molar-refractivity contribution in [3.63, 3.8) is 0 Å². The van der Waals surface area contributed by atoms with Crippen molar-refractivity contribution in [3.8, 4) is 11.9 Å². The predicted molar refractivity (Wildman–Crippen MR) is 152 cm³/mol. The highest BCUT2D eigenvalue weighted by Crippen LogP contribution is 2.17. The zero-order chi connectivity index (χ0) is 29.5. The average Bonchev–Trinajstić information content (AvgIpc) is 2.98. The number of benzene rings is 1. The molecule has 0 radical (unpaired) electrons. The van der Waals surface area contributed by atoms with Gasteiger partial charge >= 0.3 is 6.41 Å². The van der Waals surface area contributed by atoms with Crippen LogP contribution in [0.4, 0.5) is 5.69 Å². The summed E-state index contributed by atoms with van der Waals surface area (Å²) in [5, 5.41) is 9.69. The van der Waals surface area contributed by atoms with E-state index in [1.165, 1.54) is 0 Å². The molecule has 2 rings (SSSR count). The average molecular weight is 629 g/mol. The molecule has 0 aliphatic carbocycles. The number of nitrogens with zero attached hydrogens (tertiary/aromatic N) is 4. The van der Waals surface area contributed by atoms with Gasteiger partial charge in [0.2, 0.25) is 12.2 Å². The Balaban J connectivity index is 0.00000882. The molecule has 1 unspecified atom stereocenters. The fourth-order valence-corrected chi connectivity index (χ4v) is 3.73. The van der Waals surface area contributed by atoms with Crippen LogP contribution in [0.2, 0.25) is 5.02 Å². The maximum absolute atomic E-state index is 11.0. The molecule has 0 bridgehead atoms. The zero-order valence-corrected chi connectivity index (χ0v) is 25.3. The number of rotatable bonds is 22. The van der Waals surface area contributed by atoms with Crippen molar-refractivity contribution >= 4 is 29.7 Å². The van der Waals surface area contributed by atoms with Crippen LogP contribution in [0.25, 0.3) is 0 Å². The van der Waals surface area contributed by atoms with Crippen LogP contribution in [0.3, 0.4) is 0 Å². The Morgan fingerprint density at radius 1 is 1.00 bits per heavy atom. The summed E-state index contributed by atoms with van der Waals surface area (Å²) >= 11 is 5.89. The fourth-order valence-electron chi connectivity index (χ4n) is 3.60. The molecule has 2 aromatic rings. The van der Waals surface area contributed by atoms with E-state index < -0.39 is 6.41 Å². The van der Waals surface area contributed by atoms with E-state index in [1.807, 2.05) is 12.1 Å². The van der Waals surface area contributed by atoms with E-state index >= 15 is 0 Å². The predicted octanol–water partition coefficient (Wildman–Crippen LogP) is 0.198. The molecule has 0 saturated carbocycles. The molecule has 0 fully saturated rings. The lowest BCUT2D eigenvalue weighted by molar-refractivity contribution is -0.799. The number of nitriles is 1. The number of anilines is 1. The molecular weight excluding hydrogens is 589 g/mol. The Hall–Kier alpha value is -3.18. The monoisotopic (exact) mass is 627 g/mol. The highest BCUT2D eigenvalue weighted by atomic mass is 35.5. The largest absolute Gasteiger partial charge is 1.00 e. The maximum Gasteiger partial charge on any atom is 0.426 e. The molecule has 12 nitrogen and oxygen atoms in total. The van der Waals surface area contributed by atoms with Gasteiger partial charge in [0.05, 0.1) is 51.9 Å². The third-order valence-electron chi connectivity index (χ3n) is 5.65. The number of aliphatic imine (C=N–C) groups is 1. The first-order valence-corrected chi connectivity index (χ1v) is 13.7. The van der Waals surface area contributed by atoms with Gasteiger partial charge in [0.1, 0.15) is 5.75 Å². The first kappa shape index (κ1) is 36.8. The Labute approximate surface area is 258 Å². The van der Waals surface area contributed by atoms with E-state index in [2.05, 4.69) is 4.99 Å². The number of ether oxygens (including phenoxy) is 6. The van der Waals surface area contributed by atoms with Crippen molar-refractivity contribution in [1.82, 2.24) is 0 Å². The first-order valence-electron chi connectivity index (χ1n) is 13.3. The van der Waals surface area contributed by atoms with Gasteiger partial charge in [-0.1, -0.05) is 24.4 Å². The van der Waals surface area contributed by atoms with E-state index in [-0.39, 0.29) is 25.0 Å². The number of aromatic nitrogens is 1. The van der Waals surface area contributed by atoms with Gasteiger partial charge < -0.3 is 46.7 Å². The molecule has 14 heteroatoms. The molecule has 0 aliphatic rings. The Bertz CT molecular complexity index is 1060. The molecule has 0 amide bonds. The van der Waals surface area contributed by atoms with Gasteiger partial charge in [-0.2, -0.15) is 5.26 Å². The quantitative estimate of drug-likeness (QED) is 0.0366. The summed E-state index contributed by atoms with van der Waals surface area (Å²) in [6.45, 7) is 3.89. The summed E-state index contributed by atoms with van der Waals surface area (Å²) in [7, 11) is 1.61. The van der Waals surface area contributed by atoms with Crippen molar-refractivity contribution in [2.45, 2.75) is 32.1 Å². The van der Waals surface area contributed by atoms with Gasteiger partial charge in [-0.05, 0) is 37.1 Å². The molecule has 232 valence electrons. The second-order valence-corrected chi connectivity index (χ2v) is 9.01. The Morgan fingerprint density at radius 2 is 1.64 bits per heavy atom. The van der Waals surface area contributed by atoms with Crippen LogP contribution in [0.15, 0.2) is 53.8 Å². The standard InChI is InChI=1S/C28H39ClN5O7.ClH/c1-36-16-17-37-18-19-38-20-21-40-28(41-23-35)33-13-10-25(11-14-33)34(27(31)32-22-30)12-4-2-3-5-15-39-26-8-6-24(29)7-9-26;/h6-11,13-14,23,28H,2-5,12,15-21H2,1H3,(H2,31,32);1H/q+1;/p-1. The van der Waals surface area contributed by atoms with E-state index in [1.54, 1.807) is 59.4 Å². The summed E-state index contributed by atoms with van der Waals surface area (Å²) in [6.07, 6.45) is 7.79. The van der Waals surface area contributed by atoms with Crippen LogP contribution in [0.1, 0.15) is 32.1 Å². The number of pyridine rings is 1. The second-order valence-electron chi connectivity index (χ2n) is 8.57. The van der Waals surface area contributed by atoms with E-state index in [4.69, 9.17) is 51.0 Å². The number of methoxy groups -OCH3 is 1. The number of guanidine groups is 1. The number of carbonyl (C=O) groups is 1. The van der Waals surface area contributed by atoms with Crippen molar-refractivity contribution < 1.29 is 50.2 Å². The molecule has 0 saturated heterocycles. The summed E-state index contributed by atoms with van der Waals surface area (Å²) < 4.78 is 33.7. The van der Waals surface area contributed by atoms with E-state index in [0.29, 0.717) is 57.7 Å². The summed E-state index contributed by atoms with van der Waals surface area (Å²) in [5.74, 6) is 0.887. The number of nitrogens with two attached hydrogens (primary N) is 1. The molecule has 1 aromatic carbocycles. The fraction of sp³-hybridized carbons (Fsp3) is 0.500. The highest BCUT2D eigenvalue weighted by Gasteiger charge is 2.21. The molecule has 0 spiro atoms. The molecule has 1 atom stereocenters. The van der Waals surface area contributed by atoms with Crippen molar-refractivity contribution in [2.24, 2.45) is 10.7 Å². The molecular formula is C28H39Cl2N5O7.